The summed E-state index contributed by atoms with van der Waals surface area (Å²) in [7, 11) is -3.79. The predicted molar refractivity (Wildman–Crippen MR) is 96.3 cm³/mol. The van der Waals surface area contributed by atoms with E-state index in [1.807, 2.05) is 0 Å². The summed E-state index contributed by atoms with van der Waals surface area (Å²) in [6.07, 6.45) is -4.38. The van der Waals surface area contributed by atoms with Crippen molar-refractivity contribution in [1.82, 2.24) is 5.32 Å². The SMILES string of the molecule is NS(=O)(=O)c1ccc(CCNC(=O)COC(=O)c2ccccc2C(F)(F)F)cc1. The van der Waals surface area contributed by atoms with E-state index in [9.17, 15) is 31.2 Å². The molecule has 0 spiro atoms. The number of esters is 1. The molecular formula is C18H17F3N2O5S. The molecule has 2 aromatic carbocycles. The predicted octanol–water partition coefficient (Wildman–Crippen LogP) is 1.87. The fourth-order valence-electron chi connectivity index (χ4n) is 2.36. The lowest BCUT2D eigenvalue weighted by atomic mass is 10.1. The van der Waals surface area contributed by atoms with Crippen molar-refractivity contribution in [2.24, 2.45) is 5.14 Å². The van der Waals surface area contributed by atoms with Crippen LogP contribution < -0.4 is 10.5 Å². The van der Waals surface area contributed by atoms with E-state index in [1.54, 1.807) is 0 Å². The van der Waals surface area contributed by atoms with E-state index in [-0.39, 0.29) is 11.4 Å². The molecule has 2 rings (SSSR count). The minimum atomic E-state index is -4.73. The summed E-state index contributed by atoms with van der Waals surface area (Å²) in [6, 6.07) is 9.82. The van der Waals surface area contributed by atoms with Gasteiger partial charge >= 0.3 is 12.1 Å². The lowest BCUT2D eigenvalue weighted by Crippen LogP contribution is -2.30. The number of nitrogens with two attached hydrogens (primary N) is 1. The Morgan fingerprint density at radius 1 is 1.03 bits per heavy atom. The molecule has 1 amide bonds. The molecule has 0 unspecified atom stereocenters. The molecule has 0 heterocycles. The third-order valence-corrected chi connectivity index (χ3v) is 4.70. The first-order valence-electron chi connectivity index (χ1n) is 8.20. The molecule has 7 nitrogen and oxygen atoms in total. The van der Waals surface area contributed by atoms with Gasteiger partial charge in [-0.3, -0.25) is 4.79 Å². The van der Waals surface area contributed by atoms with Crippen LogP contribution in [0.3, 0.4) is 0 Å². The summed E-state index contributed by atoms with van der Waals surface area (Å²) in [4.78, 5) is 23.5. The van der Waals surface area contributed by atoms with Crippen LogP contribution in [0.2, 0.25) is 0 Å². The number of amides is 1. The highest BCUT2D eigenvalue weighted by molar-refractivity contribution is 7.89. The molecule has 0 saturated carbocycles. The Morgan fingerprint density at radius 3 is 2.24 bits per heavy atom. The number of carbonyl (C=O) groups excluding carboxylic acids is 2. The molecule has 0 aromatic heterocycles. The van der Waals surface area contributed by atoms with Gasteiger partial charge in [-0.05, 0) is 36.2 Å². The summed E-state index contributed by atoms with van der Waals surface area (Å²) in [5.74, 6) is -1.95. The van der Waals surface area contributed by atoms with Crippen LogP contribution in [0.5, 0.6) is 0 Å². The number of hydrogen-bond donors (Lipinski definition) is 2. The van der Waals surface area contributed by atoms with Crippen LogP contribution in [0, 0.1) is 0 Å². The topological polar surface area (TPSA) is 116 Å². The van der Waals surface area contributed by atoms with Crippen molar-refractivity contribution in [2.45, 2.75) is 17.5 Å². The highest BCUT2D eigenvalue weighted by Gasteiger charge is 2.35. The first-order chi connectivity index (χ1) is 13.5. The first-order valence-corrected chi connectivity index (χ1v) is 9.75. The zero-order valence-electron chi connectivity index (χ0n) is 14.9. The highest BCUT2D eigenvalue weighted by atomic mass is 32.2. The number of hydrogen-bond acceptors (Lipinski definition) is 5. The smallest absolute Gasteiger partial charge is 0.417 e. The van der Waals surface area contributed by atoms with Crippen molar-refractivity contribution in [3.63, 3.8) is 0 Å². The second kappa shape index (κ2) is 9.05. The molecule has 0 aliphatic rings. The number of halogens is 3. The Hall–Kier alpha value is -2.92. The average Bonchev–Trinajstić information content (AvgIpc) is 2.65. The van der Waals surface area contributed by atoms with Gasteiger partial charge in [0.25, 0.3) is 5.91 Å². The number of carbonyl (C=O) groups is 2. The van der Waals surface area contributed by atoms with Crippen molar-refractivity contribution in [2.75, 3.05) is 13.2 Å². The van der Waals surface area contributed by atoms with Gasteiger partial charge in [0, 0.05) is 6.54 Å². The molecule has 0 aliphatic carbocycles. The molecule has 2 aromatic rings. The second-order valence-corrected chi connectivity index (χ2v) is 7.47. The van der Waals surface area contributed by atoms with Gasteiger partial charge in [0.2, 0.25) is 10.0 Å². The van der Waals surface area contributed by atoms with Crippen molar-refractivity contribution in [3.8, 4) is 0 Å². The molecule has 0 saturated heterocycles. The van der Waals surface area contributed by atoms with E-state index in [4.69, 9.17) is 5.14 Å². The number of primary sulfonamides is 1. The van der Waals surface area contributed by atoms with Gasteiger partial charge in [0.05, 0.1) is 16.0 Å². The standard InChI is InChI=1S/C18H17F3N2O5S/c19-18(20,21)15-4-2-1-3-14(15)17(25)28-11-16(24)23-10-9-12-5-7-13(8-6-12)29(22,26)27/h1-8H,9-11H2,(H,23,24)(H2,22,26,27). The molecule has 0 fully saturated rings. The van der Waals surface area contributed by atoms with Crippen LogP contribution in [0.1, 0.15) is 21.5 Å². The van der Waals surface area contributed by atoms with Crippen molar-refractivity contribution >= 4 is 21.9 Å². The molecule has 0 aliphatic heterocycles. The second-order valence-electron chi connectivity index (χ2n) is 5.91. The van der Waals surface area contributed by atoms with Gasteiger partial charge in [0.15, 0.2) is 6.61 Å². The fourth-order valence-corrected chi connectivity index (χ4v) is 2.88. The molecule has 0 atom stereocenters. The fraction of sp³-hybridized carbons (Fsp3) is 0.222. The molecule has 3 N–H and O–H groups in total. The summed E-state index contributed by atoms with van der Waals surface area (Å²) < 4.78 is 65.7. The number of benzene rings is 2. The van der Waals surface area contributed by atoms with Crippen LogP contribution in [0.15, 0.2) is 53.4 Å². The van der Waals surface area contributed by atoms with E-state index in [0.29, 0.717) is 12.0 Å². The summed E-state index contributed by atoms with van der Waals surface area (Å²) in [5, 5.41) is 7.44. The summed E-state index contributed by atoms with van der Waals surface area (Å²) >= 11 is 0. The number of alkyl halides is 3. The molecule has 0 radical (unpaired) electrons. The Kier molecular flexibility index (Phi) is 6.98. The minimum Gasteiger partial charge on any atom is -0.452 e. The lowest BCUT2D eigenvalue weighted by Gasteiger charge is -2.12. The zero-order valence-corrected chi connectivity index (χ0v) is 15.7. The van der Waals surface area contributed by atoms with Crippen molar-refractivity contribution < 1.29 is 35.9 Å². The molecule has 0 bridgehead atoms. The van der Waals surface area contributed by atoms with Gasteiger partial charge in [-0.2, -0.15) is 13.2 Å². The third kappa shape index (κ3) is 6.57. The van der Waals surface area contributed by atoms with E-state index in [0.717, 1.165) is 18.2 Å². The van der Waals surface area contributed by atoms with Crippen molar-refractivity contribution in [3.05, 3.63) is 65.2 Å². The number of sulfonamides is 1. The summed E-state index contributed by atoms with van der Waals surface area (Å²) in [5.41, 5.74) is -1.11. The van der Waals surface area contributed by atoms with Crippen molar-refractivity contribution in [1.29, 1.82) is 0 Å². The maximum Gasteiger partial charge on any atom is 0.417 e. The van der Waals surface area contributed by atoms with Gasteiger partial charge in [-0.25, -0.2) is 18.4 Å². The van der Waals surface area contributed by atoms with Crippen LogP contribution in [-0.2, 0) is 32.2 Å². The van der Waals surface area contributed by atoms with Gasteiger partial charge in [-0.1, -0.05) is 24.3 Å². The lowest BCUT2D eigenvalue weighted by molar-refractivity contribution is -0.138. The van der Waals surface area contributed by atoms with Gasteiger partial charge < -0.3 is 10.1 Å². The van der Waals surface area contributed by atoms with Crippen LogP contribution >= 0.6 is 0 Å². The third-order valence-electron chi connectivity index (χ3n) is 3.77. The zero-order chi connectivity index (χ0) is 21.7. The molecule has 11 heteroatoms. The minimum absolute atomic E-state index is 0.0451. The largest absolute Gasteiger partial charge is 0.452 e. The maximum absolute atomic E-state index is 12.9. The Morgan fingerprint density at radius 2 is 1.66 bits per heavy atom. The van der Waals surface area contributed by atoms with Crippen LogP contribution in [0.25, 0.3) is 0 Å². The Balaban J connectivity index is 1.83. The summed E-state index contributed by atoms with van der Waals surface area (Å²) in [6.45, 7) is -0.598. The molecular weight excluding hydrogens is 413 g/mol. The molecule has 29 heavy (non-hydrogen) atoms. The van der Waals surface area contributed by atoms with E-state index in [2.05, 4.69) is 10.1 Å². The number of nitrogens with one attached hydrogen (secondary N) is 1. The van der Waals surface area contributed by atoms with E-state index < -0.39 is 45.8 Å². The first kappa shape index (κ1) is 22.4. The normalized spacial score (nSPS) is 11.7. The Labute approximate surface area is 164 Å². The number of rotatable bonds is 7. The van der Waals surface area contributed by atoms with E-state index in [1.165, 1.54) is 30.3 Å². The monoisotopic (exact) mass is 430 g/mol. The molecule has 156 valence electrons. The quantitative estimate of drug-likeness (QED) is 0.651. The number of ether oxygens (including phenoxy) is 1. The van der Waals surface area contributed by atoms with Crippen LogP contribution in [0.4, 0.5) is 13.2 Å². The van der Waals surface area contributed by atoms with Gasteiger partial charge in [-0.15, -0.1) is 0 Å². The maximum atomic E-state index is 12.9. The van der Waals surface area contributed by atoms with E-state index >= 15 is 0 Å². The van der Waals surface area contributed by atoms with Crippen LogP contribution in [-0.4, -0.2) is 33.4 Å². The highest BCUT2D eigenvalue weighted by Crippen LogP contribution is 2.32. The Bertz CT molecular complexity index is 989. The average molecular weight is 430 g/mol. The van der Waals surface area contributed by atoms with Gasteiger partial charge in [0.1, 0.15) is 0 Å².